The van der Waals surface area contributed by atoms with Crippen LogP contribution in [0.3, 0.4) is 0 Å². The highest BCUT2D eigenvalue weighted by Gasteiger charge is 2.39. The van der Waals surface area contributed by atoms with E-state index in [1.165, 1.54) is 11.1 Å². The number of amides is 1. The molecule has 1 aliphatic heterocycles. The van der Waals surface area contributed by atoms with Crippen LogP contribution in [0.2, 0.25) is 0 Å². The quantitative estimate of drug-likeness (QED) is 0.711. The van der Waals surface area contributed by atoms with E-state index in [1.54, 1.807) is 0 Å². The summed E-state index contributed by atoms with van der Waals surface area (Å²) in [5, 5.41) is 3.84. The lowest BCUT2D eigenvalue weighted by Crippen LogP contribution is -2.53. The van der Waals surface area contributed by atoms with E-state index in [-0.39, 0.29) is 17.4 Å². The molecule has 2 rings (SSSR count). The van der Waals surface area contributed by atoms with E-state index in [0.717, 1.165) is 23.4 Å². The van der Waals surface area contributed by atoms with Crippen molar-refractivity contribution in [2.24, 2.45) is 5.92 Å². The number of nitrogens with one attached hydrogen (secondary N) is 1. The molecule has 1 amide bonds. The number of rotatable bonds is 0. The van der Waals surface area contributed by atoms with Crippen LogP contribution in [0.4, 0.5) is 0 Å². The molecule has 1 N–H and O–H groups in total. The van der Waals surface area contributed by atoms with Crippen LogP contribution in [0.15, 0.2) is 33.9 Å². The first kappa shape index (κ1) is 13.4. The average molecular weight is 266 g/mol. The third-order valence-electron chi connectivity index (χ3n) is 3.79. The van der Waals surface area contributed by atoms with Crippen LogP contribution < -0.4 is 5.32 Å². The summed E-state index contributed by atoms with van der Waals surface area (Å²) < 4.78 is 0. The summed E-state index contributed by atoms with van der Waals surface area (Å²) in [5.41, 5.74) is 3.36. The largest absolute Gasteiger partial charge is 0.347 e. The van der Waals surface area contributed by atoms with Crippen molar-refractivity contribution in [3.05, 3.63) is 33.9 Å². The minimum atomic E-state index is -0.311. The topological polar surface area (TPSA) is 29.1 Å². The molecular formula is C15H20ClNO. The van der Waals surface area contributed by atoms with E-state index in [9.17, 15) is 4.79 Å². The molecule has 0 spiro atoms. The SMILES string of the molecule is C\C1=C2/C(=C\C(Cl)=C/CC1)C(C)C(=O)NC2(C)C. The maximum atomic E-state index is 12.0. The van der Waals surface area contributed by atoms with Crippen LogP contribution in [0.5, 0.6) is 0 Å². The third kappa shape index (κ3) is 2.26. The van der Waals surface area contributed by atoms with Crippen LogP contribution >= 0.6 is 11.6 Å². The number of hydrogen-bond acceptors (Lipinski definition) is 1. The lowest BCUT2D eigenvalue weighted by Gasteiger charge is -2.40. The summed E-state index contributed by atoms with van der Waals surface area (Å²) in [5.74, 6) is -0.0592. The van der Waals surface area contributed by atoms with Crippen molar-refractivity contribution in [2.45, 2.75) is 46.1 Å². The van der Waals surface area contributed by atoms with Gasteiger partial charge in [-0.2, -0.15) is 0 Å². The highest BCUT2D eigenvalue weighted by molar-refractivity contribution is 6.31. The second kappa shape index (κ2) is 4.58. The lowest BCUT2D eigenvalue weighted by molar-refractivity contribution is -0.125. The number of allylic oxidation sites excluding steroid dienone is 4. The van der Waals surface area contributed by atoms with E-state index in [0.29, 0.717) is 0 Å². The van der Waals surface area contributed by atoms with Crippen molar-refractivity contribution in [3.63, 3.8) is 0 Å². The summed E-state index contributed by atoms with van der Waals surface area (Å²) in [4.78, 5) is 12.0. The Bertz CT molecular complexity index is 483. The number of carbonyl (C=O) groups is 1. The number of fused-ring (bicyclic) bond motifs is 1. The molecule has 0 radical (unpaired) electrons. The van der Waals surface area contributed by atoms with Gasteiger partial charge in [0, 0.05) is 5.03 Å². The molecule has 1 saturated heterocycles. The number of piperidine rings is 1. The zero-order valence-corrected chi connectivity index (χ0v) is 12.2. The van der Waals surface area contributed by atoms with Crippen LogP contribution in [0.25, 0.3) is 0 Å². The highest BCUT2D eigenvalue weighted by atomic mass is 35.5. The maximum absolute atomic E-state index is 12.0. The Labute approximate surface area is 114 Å². The molecule has 1 aliphatic carbocycles. The zero-order chi connectivity index (χ0) is 13.5. The second-order valence-corrected chi connectivity index (χ2v) is 6.16. The Kier molecular flexibility index (Phi) is 3.41. The van der Waals surface area contributed by atoms with Crippen molar-refractivity contribution < 1.29 is 4.79 Å². The molecule has 0 aromatic rings. The average Bonchev–Trinajstić information content (AvgIpc) is 2.22. The van der Waals surface area contributed by atoms with Gasteiger partial charge in [0.25, 0.3) is 0 Å². The Morgan fingerprint density at radius 1 is 1.44 bits per heavy atom. The molecular weight excluding hydrogens is 246 g/mol. The number of halogens is 1. The van der Waals surface area contributed by atoms with Crippen molar-refractivity contribution in [1.82, 2.24) is 5.32 Å². The van der Waals surface area contributed by atoms with Crippen molar-refractivity contribution in [3.8, 4) is 0 Å². The van der Waals surface area contributed by atoms with Gasteiger partial charge in [-0.05, 0) is 57.8 Å². The van der Waals surface area contributed by atoms with E-state index >= 15 is 0 Å². The Balaban J connectivity index is 2.63. The smallest absolute Gasteiger partial charge is 0.227 e. The van der Waals surface area contributed by atoms with Gasteiger partial charge in [0.2, 0.25) is 5.91 Å². The first-order chi connectivity index (χ1) is 8.33. The Morgan fingerprint density at radius 2 is 2.11 bits per heavy atom. The first-order valence-electron chi connectivity index (χ1n) is 6.43. The highest BCUT2D eigenvalue weighted by Crippen LogP contribution is 2.39. The normalized spacial score (nSPS) is 37.4. The molecule has 2 aliphatic rings. The number of hydrogen-bond donors (Lipinski definition) is 1. The van der Waals surface area contributed by atoms with Crippen molar-refractivity contribution >= 4 is 17.5 Å². The summed E-state index contributed by atoms with van der Waals surface area (Å²) >= 11 is 6.20. The molecule has 1 fully saturated rings. The maximum Gasteiger partial charge on any atom is 0.227 e. The molecule has 0 aromatic carbocycles. The third-order valence-corrected chi connectivity index (χ3v) is 4.05. The monoisotopic (exact) mass is 265 g/mol. The van der Waals surface area contributed by atoms with Crippen molar-refractivity contribution in [1.29, 1.82) is 0 Å². The fourth-order valence-electron chi connectivity index (χ4n) is 2.93. The molecule has 0 bridgehead atoms. The van der Waals surface area contributed by atoms with E-state index < -0.39 is 0 Å². The molecule has 2 nitrogen and oxygen atoms in total. The van der Waals surface area contributed by atoms with E-state index in [1.807, 2.05) is 19.1 Å². The molecule has 18 heavy (non-hydrogen) atoms. The van der Waals surface area contributed by atoms with Crippen LogP contribution in [-0.4, -0.2) is 11.4 Å². The first-order valence-corrected chi connectivity index (χ1v) is 6.80. The van der Waals surface area contributed by atoms with E-state index in [2.05, 4.69) is 26.1 Å². The molecule has 0 saturated carbocycles. The molecule has 3 heteroatoms. The van der Waals surface area contributed by atoms with Gasteiger partial charge in [-0.15, -0.1) is 0 Å². The number of carbonyl (C=O) groups excluding carboxylic acids is 1. The van der Waals surface area contributed by atoms with Crippen molar-refractivity contribution in [2.75, 3.05) is 0 Å². The molecule has 98 valence electrons. The Hall–Kier alpha value is -1.02. The molecule has 1 atom stereocenters. The fraction of sp³-hybridized carbons (Fsp3) is 0.533. The van der Waals surface area contributed by atoms with Crippen LogP contribution in [-0.2, 0) is 4.79 Å². The second-order valence-electron chi connectivity index (χ2n) is 5.72. The van der Waals surface area contributed by atoms with Gasteiger partial charge in [0.05, 0.1) is 11.5 Å². The summed E-state index contributed by atoms with van der Waals surface area (Å²) in [6.45, 7) is 8.21. The summed E-state index contributed by atoms with van der Waals surface area (Å²) in [6, 6.07) is 0. The minimum Gasteiger partial charge on any atom is -0.347 e. The predicted octanol–water partition coefficient (Wildman–Crippen LogP) is 3.69. The van der Waals surface area contributed by atoms with Gasteiger partial charge in [-0.25, -0.2) is 0 Å². The molecule has 0 aromatic heterocycles. The van der Waals surface area contributed by atoms with E-state index in [4.69, 9.17) is 11.6 Å². The predicted molar refractivity (Wildman–Crippen MR) is 75.3 cm³/mol. The van der Waals surface area contributed by atoms with Gasteiger partial charge < -0.3 is 5.32 Å². The van der Waals surface area contributed by atoms with Gasteiger partial charge in [-0.3, -0.25) is 4.79 Å². The van der Waals surface area contributed by atoms with Gasteiger partial charge in [0.1, 0.15) is 0 Å². The fourth-order valence-corrected chi connectivity index (χ4v) is 3.16. The lowest BCUT2D eigenvalue weighted by atomic mass is 9.74. The van der Waals surface area contributed by atoms with Crippen LogP contribution in [0.1, 0.15) is 40.5 Å². The summed E-state index contributed by atoms with van der Waals surface area (Å²) in [6.07, 6.45) is 5.94. The van der Waals surface area contributed by atoms with Gasteiger partial charge in [-0.1, -0.05) is 23.3 Å². The zero-order valence-electron chi connectivity index (χ0n) is 11.4. The summed E-state index contributed by atoms with van der Waals surface area (Å²) in [7, 11) is 0. The Morgan fingerprint density at radius 3 is 2.78 bits per heavy atom. The standard InChI is InChI=1S/C15H20ClNO/c1-9-6-5-7-11(16)8-12-10(2)14(18)17-15(3,4)13(9)12/h7-8,10H,5-6H2,1-4H3,(H,17,18)/b11-7+,12-8-,13-9-. The van der Waals surface area contributed by atoms with Gasteiger partial charge >= 0.3 is 0 Å². The minimum absolute atomic E-state index is 0.0767. The molecule has 1 heterocycles. The van der Waals surface area contributed by atoms with Gasteiger partial charge in [0.15, 0.2) is 0 Å². The molecule has 1 unspecified atom stereocenters. The van der Waals surface area contributed by atoms with Crippen LogP contribution in [0, 0.1) is 5.92 Å².